The number of pyridine rings is 3. The number of nitrogens with one attached hydrogen (secondary N) is 3. The number of fused-ring (bicyclic) bond motifs is 2. The first-order chi connectivity index (χ1) is 18.7. The number of halogens is 1. The molecule has 8 nitrogen and oxygen atoms in total. The second-order valence-electron chi connectivity index (χ2n) is 10.7. The van der Waals surface area contributed by atoms with Gasteiger partial charge in [0.2, 0.25) is 5.91 Å². The van der Waals surface area contributed by atoms with Crippen molar-refractivity contribution in [1.82, 2.24) is 30.1 Å². The lowest BCUT2D eigenvalue weighted by Gasteiger charge is -2.17. The minimum Gasteiger partial charge on any atom is -0.338 e. The van der Waals surface area contributed by atoms with E-state index >= 15 is 0 Å². The first-order valence-corrected chi connectivity index (χ1v) is 12.5. The predicted octanol–water partition coefficient (Wildman–Crippen LogP) is 6.66. The quantitative estimate of drug-likeness (QED) is 0.241. The summed E-state index contributed by atoms with van der Waals surface area (Å²) in [6.45, 7) is 7.46. The molecule has 1 amide bonds. The minimum atomic E-state index is -0.524. The number of aromatic nitrogens is 6. The summed E-state index contributed by atoms with van der Waals surface area (Å²) in [7, 11) is 0. The van der Waals surface area contributed by atoms with Crippen molar-refractivity contribution < 1.29 is 9.18 Å². The molecule has 0 unspecified atom stereocenters. The number of rotatable bonds is 4. The maximum Gasteiger partial charge on any atom is 0.229 e. The van der Waals surface area contributed by atoms with Crippen molar-refractivity contribution >= 4 is 33.7 Å². The number of aromatic amines is 2. The fraction of sp³-hybridized carbons (Fsp3) is 0.167. The second kappa shape index (κ2) is 9.13. The van der Waals surface area contributed by atoms with Crippen molar-refractivity contribution in [2.75, 3.05) is 5.32 Å². The second-order valence-corrected chi connectivity index (χ2v) is 10.7. The zero-order valence-corrected chi connectivity index (χ0v) is 21.9. The Hall–Kier alpha value is -4.92. The molecule has 0 aliphatic heterocycles. The predicted molar refractivity (Wildman–Crippen MR) is 150 cm³/mol. The van der Waals surface area contributed by atoms with Gasteiger partial charge >= 0.3 is 0 Å². The van der Waals surface area contributed by atoms with Crippen molar-refractivity contribution in [3.63, 3.8) is 0 Å². The Morgan fingerprint density at radius 3 is 2.54 bits per heavy atom. The SMILES string of the molecule is Cc1cc(F)cc(-c2ccnc3[nH]c(-c4[nH]nc5ncc(-c6cncc(NC(=O)C(C)(C)C)c6)cc45)cc23)c1. The van der Waals surface area contributed by atoms with Crippen LogP contribution in [0, 0.1) is 18.2 Å². The monoisotopic (exact) mass is 519 g/mol. The van der Waals surface area contributed by atoms with E-state index in [1.165, 1.54) is 12.1 Å². The number of aryl methyl sites for hydroxylation is 1. The Kier molecular flexibility index (Phi) is 5.71. The summed E-state index contributed by atoms with van der Waals surface area (Å²) in [6.07, 6.45) is 6.80. The first kappa shape index (κ1) is 24.4. The van der Waals surface area contributed by atoms with Gasteiger partial charge in [0, 0.05) is 45.9 Å². The fourth-order valence-electron chi connectivity index (χ4n) is 4.55. The molecule has 5 heterocycles. The van der Waals surface area contributed by atoms with E-state index in [9.17, 15) is 9.18 Å². The van der Waals surface area contributed by atoms with E-state index in [2.05, 4.69) is 35.5 Å². The maximum absolute atomic E-state index is 14.2. The number of hydrogen-bond acceptors (Lipinski definition) is 5. The lowest BCUT2D eigenvalue weighted by atomic mass is 9.95. The number of anilines is 1. The molecule has 0 aliphatic rings. The number of hydrogen-bond donors (Lipinski definition) is 3. The molecule has 1 aromatic carbocycles. The number of H-pyrrole nitrogens is 2. The van der Waals surface area contributed by atoms with Crippen molar-refractivity contribution in [2.24, 2.45) is 5.41 Å². The average Bonchev–Trinajstić information content (AvgIpc) is 3.51. The first-order valence-electron chi connectivity index (χ1n) is 12.5. The Morgan fingerprint density at radius 2 is 1.74 bits per heavy atom. The highest BCUT2D eigenvalue weighted by Crippen LogP contribution is 2.34. The van der Waals surface area contributed by atoms with Gasteiger partial charge in [0.1, 0.15) is 11.5 Å². The summed E-state index contributed by atoms with van der Waals surface area (Å²) >= 11 is 0. The van der Waals surface area contributed by atoms with Crippen molar-refractivity contribution in [3.05, 3.63) is 78.6 Å². The molecule has 39 heavy (non-hydrogen) atoms. The fourth-order valence-corrected chi connectivity index (χ4v) is 4.55. The normalized spacial score (nSPS) is 11.8. The Labute approximate surface area is 223 Å². The number of carbonyl (C=O) groups excluding carboxylic acids is 1. The zero-order chi connectivity index (χ0) is 27.3. The van der Waals surface area contributed by atoms with Gasteiger partial charge in [0.05, 0.1) is 23.3 Å². The van der Waals surface area contributed by atoms with Crippen molar-refractivity contribution in [1.29, 1.82) is 0 Å². The van der Waals surface area contributed by atoms with E-state index in [-0.39, 0.29) is 11.7 Å². The molecule has 0 atom stereocenters. The molecule has 6 aromatic rings. The van der Waals surface area contributed by atoms with E-state index in [4.69, 9.17) is 0 Å². The molecule has 194 valence electrons. The molecule has 0 aliphatic carbocycles. The van der Waals surface area contributed by atoms with E-state index in [1.807, 2.05) is 58.0 Å². The molecular weight excluding hydrogens is 493 g/mol. The molecule has 9 heteroatoms. The number of amides is 1. The molecule has 0 saturated carbocycles. The highest BCUT2D eigenvalue weighted by molar-refractivity contribution is 6.00. The van der Waals surface area contributed by atoms with E-state index in [0.29, 0.717) is 17.0 Å². The topological polar surface area (TPSA) is 112 Å². The minimum absolute atomic E-state index is 0.0904. The largest absolute Gasteiger partial charge is 0.338 e. The lowest BCUT2D eigenvalue weighted by molar-refractivity contribution is -0.123. The van der Waals surface area contributed by atoms with Crippen LogP contribution < -0.4 is 5.32 Å². The van der Waals surface area contributed by atoms with E-state index < -0.39 is 5.41 Å². The number of nitrogens with zero attached hydrogens (tertiary/aromatic N) is 4. The molecule has 0 radical (unpaired) electrons. The van der Waals surface area contributed by atoms with Crippen molar-refractivity contribution in [2.45, 2.75) is 27.7 Å². The Morgan fingerprint density at radius 1 is 0.923 bits per heavy atom. The van der Waals surface area contributed by atoms with Crippen LogP contribution in [0.2, 0.25) is 0 Å². The molecule has 0 saturated heterocycles. The molecule has 5 aromatic heterocycles. The van der Waals surface area contributed by atoms with E-state index in [1.54, 1.807) is 24.8 Å². The molecule has 0 spiro atoms. The van der Waals surface area contributed by atoms with Crippen LogP contribution in [0.1, 0.15) is 26.3 Å². The van der Waals surface area contributed by atoms with E-state index in [0.717, 1.165) is 50.0 Å². The summed E-state index contributed by atoms with van der Waals surface area (Å²) < 4.78 is 14.2. The Bertz CT molecular complexity index is 1860. The van der Waals surface area contributed by atoms with Gasteiger partial charge in [0.15, 0.2) is 5.65 Å². The van der Waals surface area contributed by atoms with Crippen LogP contribution in [-0.4, -0.2) is 36.0 Å². The maximum atomic E-state index is 14.2. The van der Waals surface area contributed by atoms with Crippen LogP contribution in [0.25, 0.3) is 55.7 Å². The van der Waals surface area contributed by atoms with Crippen LogP contribution >= 0.6 is 0 Å². The van der Waals surface area contributed by atoms with Crippen LogP contribution in [0.4, 0.5) is 10.1 Å². The van der Waals surface area contributed by atoms with Gasteiger partial charge in [-0.05, 0) is 60.0 Å². The molecule has 0 bridgehead atoms. The van der Waals surface area contributed by atoms with Gasteiger partial charge in [-0.2, -0.15) is 5.10 Å². The number of carbonyl (C=O) groups is 1. The summed E-state index contributed by atoms with van der Waals surface area (Å²) in [5, 5.41) is 12.1. The standard InChI is InChI=1S/C30H26FN7O/c1-16-7-17(9-20(31)8-16)22-5-6-33-27-23(22)12-25(36-27)26-24-11-19(14-34-28(24)38-37-26)18-10-21(15-32-13-18)35-29(39)30(2,3)4/h5-15H,1-4H3,(H,33,36)(H,35,39)(H,34,37,38). The van der Waals surface area contributed by atoms with Crippen LogP contribution in [0.3, 0.4) is 0 Å². The van der Waals surface area contributed by atoms with Crippen LogP contribution in [-0.2, 0) is 4.79 Å². The summed E-state index contributed by atoms with van der Waals surface area (Å²) in [5.41, 5.74) is 7.02. The Balaban J connectivity index is 1.41. The smallest absolute Gasteiger partial charge is 0.229 e. The molecule has 0 fully saturated rings. The summed E-state index contributed by atoms with van der Waals surface area (Å²) in [6, 6.07) is 12.7. The lowest BCUT2D eigenvalue weighted by Crippen LogP contribution is -2.27. The van der Waals surface area contributed by atoms with Crippen LogP contribution in [0.15, 0.2) is 67.3 Å². The molecule has 6 rings (SSSR count). The van der Waals surface area contributed by atoms with Gasteiger partial charge in [-0.25, -0.2) is 14.4 Å². The molecular formula is C30H26FN7O. The third-order valence-electron chi connectivity index (χ3n) is 6.57. The van der Waals surface area contributed by atoms with Gasteiger partial charge in [-0.1, -0.05) is 26.8 Å². The third kappa shape index (κ3) is 4.63. The van der Waals surface area contributed by atoms with Gasteiger partial charge in [-0.3, -0.25) is 14.9 Å². The highest BCUT2D eigenvalue weighted by Gasteiger charge is 2.21. The molecule has 3 N–H and O–H groups in total. The zero-order valence-electron chi connectivity index (χ0n) is 21.9. The van der Waals surface area contributed by atoms with Crippen molar-refractivity contribution in [3.8, 4) is 33.6 Å². The summed E-state index contributed by atoms with van der Waals surface area (Å²) in [4.78, 5) is 29.2. The average molecular weight is 520 g/mol. The van der Waals surface area contributed by atoms with Gasteiger partial charge in [-0.15, -0.1) is 0 Å². The summed E-state index contributed by atoms with van der Waals surface area (Å²) in [5.74, 6) is -0.368. The highest BCUT2D eigenvalue weighted by atomic mass is 19.1. The number of benzene rings is 1. The third-order valence-corrected chi connectivity index (χ3v) is 6.57. The van der Waals surface area contributed by atoms with Crippen LogP contribution in [0.5, 0.6) is 0 Å². The van der Waals surface area contributed by atoms with Gasteiger partial charge < -0.3 is 10.3 Å². The van der Waals surface area contributed by atoms with Gasteiger partial charge in [0.25, 0.3) is 0 Å².